The normalized spacial score (nSPS) is 11.6. The number of nitriles is 1. The van der Waals surface area contributed by atoms with Gasteiger partial charge in [-0.3, -0.25) is 4.79 Å². The van der Waals surface area contributed by atoms with Gasteiger partial charge in [-0.2, -0.15) is 14.0 Å². The molecule has 1 amide bonds. The van der Waals surface area contributed by atoms with Crippen molar-refractivity contribution in [3.63, 3.8) is 0 Å². The SMILES string of the molecule is COc1cccc(/C=C/C(=O)O[C@H](C)C(=O)Nc2ccc(C#N)cc2)c1OC(F)F. The monoisotopic (exact) mass is 416 g/mol. The number of esters is 1. The van der Waals surface area contributed by atoms with Crippen LogP contribution in [0.4, 0.5) is 14.5 Å². The van der Waals surface area contributed by atoms with E-state index in [0.717, 1.165) is 6.08 Å². The molecule has 0 aromatic heterocycles. The van der Waals surface area contributed by atoms with E-state index in [1.807, 2.05) is 6.07 Å². The molecule has 2 rings (SSSR count). The molecule has 0 bridgehead atoms. The van der Waals surface area contributed by atoms with Crippen LogP contribution in [-0.2, 0) is 14.3 Å². The van der Waals surface area contributed by atoms with Crippen LogP contribution in [0.5, 0.6) is 11.5 Å². The van der Waals surface area contributed by atoms with Gasteiger partial charge in [0.15, 0.2) is 17.6 Å². The second kappa shape index (κ2) is 10.6. The summed E-state index contributed by atoms with van der Waals surface area (Å²) in [7, 11) is 1.30. The standard InChI is InChI=1S/C21H18F2N2O5/c1-13(20(27)25-16-9-6-14(12-24)7-10-16)29-18(26)11-8-15-4-3-5-17(28-2)19(15)30-21(22)23/h3-11,13,21H,1-2H3,(H,25,27)/b11-8+/t13-/m1/s1. The van der Waals surface area contributed by atoms with Crippen LogP contribution in [0, 0.1) is 11.3 Å². The number of rotatable bonds is 8. The Kier molecular flexibility index (Phi) is 7.88. The number of hydrogen-bond donors (Lipinski definition) is 1. The molecule has 0 spiro atoms. The molecule has 2 aromatic carbocycles. The Morgan fingerprint density at radius 3 is 2.47 bits per heavy atom. The smallest absolute Gasteiger partial charge is 0.387 e. The Bertz CT molecular complexity index is 968. The Labute approximate surface area is 171 Å². The number of carbonyl (C=O) groups excluding carboxylic acids is 2. The van der Waals surface area contributed by atoms with Crippen LogP contribution >= 0.6 is 0 Å². The minimum absolute atomic E-state index is 0.0704. The molecule has 0 aliphatic heterocycles. The highest BCUT2D eigenvalue weighted by molar-refractivity contribution is 5.96. The average Bonchev–Trinajstić information content (AvgIpc) is 2.73. The molecular weight excluding hydrogens is 398 g/mol. The quantitative estimate of drug-likeness (QED) is 0.520. The van der Waals surface area contributed by atoms with Crippen molar-refractivity contribution in [3.05, 3.63) is 59.7 Å². The lowest BCUT2D eigenvalue weighted by molar-refractivity contribution is -0.148. The zero-order chi connectivity index (χ0) is 22.1. The second-order valence-electron chi connectivity index (χ2n) is 5.85. The molecule has 2 aromatic rings. The van der Waals surface area contributed by atoms with Gasteiger partial charge in [-0.05, 0) is 43.3 Å². The Hall–Kier alpha value is -3.93. The maximum atomic E-state index is 12.6. The summed E-state index contributed by atoms with van der Waals surface area (Å²) >= 11 is 0. The molecule has 0 fully saturated rings. The predicted octanol–water partition coefficient (Wildman–Crippen LogP) is 3.75. The molecule has 0 saturated carbocycles. The van der Waals surface area contributed by atoms with Crippen molar-refractivity contribution >= 4 is 23.6 Å². The van der Waals surface area contributed by atoms with Gasteiger partial charge in [-0.1, -0.05) is 12.1 Å². The Morgan fingerprint density at radius 2 is 1.87 bits per heavy atom. The number of nitrogens with one attached hydrogen (secondary N) is 1. The molecule has 1 N–H and O–H groups in total. The molecule has 0 aliphatic rings. The number of anilines is 1. The lowest BCUT2D eigenvalue weighted by Crippen LogP contribution is -2.29. The van der Waals surface area contributed by atoms with E-state index in [0.29, 0.717) is 11.3 Å². The molecule has 1 atom stereocenters. The van der Waals surface area contributed by atoms with Crippen LogP contribution < -0.4 is 14.8 Å². The number of halogens is 2. The number of hydrogen-bond acceptors (Lipinski definition) is 6. The van der Waals surface area contributed by atoms with Crippen LogP contribution in [-0.4, -0.2) is 31.7 Å². The number of amides is 1. The number of methoxy groups -OCH3 is 1. The fraction of sp³-hybridized carbons (Fsp3) is 0.190. The van der Waals surface area contributed by atoms with Crippen molar-refractivity contribution in [1.82, 2.24) is 0 Å². The van der Waals surface area contributed by atoms with Crippen molar-refractivity contribution in [3.8, 4) is 17.6 Å². The number of nitrogens with zero attached hydrogens (tertiary/aromatic N) is 1. The fourth-order valence-corrected chi connectivity index (χ4v) is 2.34. The van der Waals surface area contributed by atoms with E-state index < -0.39 is 24.6 Å². The van der Waals surface area contributed by atoms with Crippen molar-refractivity contribution < 1.29 is 32.6 Å². The van der Waals surface area contributed by atoms with E-state index >= 15 is 0 Å². The van der Waals surface area contributed by atoms with Crippen LogP contribution in [0.25, 0.3) is 6.08 Å². The summed E-state index contributed by atoms with van der Waals surface area (Å²) in [5.74, 6) is -1.60. The summed E-state index contributed by atoms with van der Waals surface area (Å²) in [6.45, 7) is -1.70. The predicted molar refractivity (Wildman–Crippen MR) is 104 cm³/mol. The lowest BCUT2D eigenvalue weighted by Gasteiger charge is -2.13. The second-order valence-corrected chi connectivity index (χ2v) is 5.85. The van der Waals surface area contributed by atoms with E-state index in [2.05, 4.69) is 10.1 Å². The maximum Gasteiger partial charge on any atom is 0.387 e. The highest BCUT2D eigenvalue weighted by Gasteiger charge is 2.18. The highest BCUT2D eigenvalue weighted by Crippen LogP contribution is 2.33. The summed E-state index contributed by atoms with van der Waals surface area (Å²) in [5.41, 5.74) is 1.04. The van der Waals surface area contributed by atoms with Crippen LogP contribution in [0.15, 0.2) is 48.5 Å². The number of para-hydroxylation sites is 1. The van der Waals surface area contributed by atoms with Gasteiger partial charge < -0.3 is 19.5 Å². The van der Waals surface area contributed by atoms with Gasteiger partial charge in [0.2, 0.25) is 0 Å². The number of benzene rings is 2. The minimum Gasteiger partial charge on any atom is -0.493 e. The van der Waals surface area contributed by atoms with Gasteiger partial charge in [0.1, 0.15) is 0 Å². The van der Waals surface area contributed by atoms with E-state index in [-0.39, 0.29) is 17.1 Å². The zero-order valence-corrected chi connectivity index (χ0v) is 16.1. The molecule has 30 heavy (non-hydrogen) atoms. The Balaban J connectivity index is 2.01. The van der Waals surface area contributed by atoms with E-state index in [1.165, 1.54) is 62.6 Å². The van der Waals surface area contributed by atoms with Crippen LogP contribution in [0.2, 0.25) is 0 Å². The third-order valence-corrected chi connectivity index (χ3v) is 3.78. The van der Waals surface area contributed by atoms with Crippen molar-refractivity contribution in [1.29, 1.82) is 5.26 Å². The first-order valence-corrected chi connectivity index (χ1v) is 8.65. The molecular formula is C21H18F2N2O5. The zero-order valence-electron chi connectivity index (χ0n) is 16.1. The minimum atomic E-state index is -3.08. The molecule has 0 heterocycles. The maximum absolute atomic E-state index is 12.6. The molecule has 7 nitrogen and oxygen atoms in total. The van der Waals surface area contributed by atoms with Crippen molar-refractivity contribution in [2.75, 3.05) is 12.4 Å². The summed E-state index contributed by atoms with van der Waals surface area (Å²) in [5, 5.41) is 11.3. The van der Waals surface area contributed by atoms with E-state index in [9.17, 15) is 18.4 Å². The van der Waals surface area contributed by atoms with Gasteiger partial charge in [-0.25, -0.2) is 4.79 Å². The van der Waals surface area contributed by atoms with Crippen molar-refractivity contribution in [2.24, 2.45) is 0 Å². The fourth-order valence-electron chi connectivity index (χ4n) is 2.34. The third kappa shape index (κ3) is 6.31. The summed E-state index contributed by atoms with van der Waals surface area (Å²) in [6.07, 6.45) is 1.08. The molecule has 0 radical (unpaired) electrons. The highest BCUT2D eigenvalue weighted by atomic mass is 19.3. The van der Waals surface area contributed by atoms with E-state index in [4.69, 9.17) is 14.7 Å². The van der Waals surface area contributed by atoms with Gasteiger partial charge in [0.05, 0.1) is 18.7 Å². The van der Waals surface area contributed by atoms with Gasteiger partial charge in [0.25, 0.3) is 5.91 Å². The van der Waals surface area contributed by atoms with Gasteiger partial charge in [-0.15, -0.1) is 0 Å². The first-order valence-electron chi connectivity index (χ1n) is 8.65. The lowest BCUT2D eigenvalue weighted by atomic mass is 10.1. The third-order valence-electron chi connectivity index (χ3n) is 3.78. The summed E-state index contributed by atoms with van der Waals surface area (Å²) in [6, 6.07) is 12.5. The molecule has 9 heteroatoms. The van der Waals surface area contributed by atoms with Crippen LogP contribution in [0.3, 0.4) is 0 Å². The summed E-state index contributed by atoms with van der Waals surface area (Å²) < 4.78 is 39.7. The summed E-state index contributed by atoms with van der Waals surface area (Å²) in [4.78, 5) is 24.1. The Morgan fingerprint density at radius 1 is 1.17 bits per heavy atom. The van der Waals surface area contributed by atoms with Crippen molar-refractivity contribution in [2.45, 2.75) is 19.6 Å². The average molecular weight is 416 g/mol. The first kappa shape index (κ1) is 22.4. The molecule has 0 aliphatic carbocycles. The number of ether oxygens (including phenoxy) is 3. The van der Waals surface area contributed by atoms with Gasteiger partial charge in [0, 0.05) is 17.3 Å². The number of carbonyl (C=O) groups is 2. The molecule has 156 valence electrons. The largest absolute Gasteiger partial charge is 0.493 e. The first-order chi connectivity index (χ1) is 14.3. The topological polar surface area (TPSA) is 97.6 Å². The molecule has 0 saturated heterocycles. The van der Waals surface area contributed by atoms with Crippen LogP contribution in [0.1, 0.15) is 18.1 Å². The van der Waals surface area contributed by atoms with Gasteiger partial charge >= 0.3 is 12.6 Å². The van der Waals surface area contributed by atoms with E-state index in [1.54, 1.807) is 0 Å². The molecule has 0 unspecified atom stereocenters. The number of alkyl halides is 2.